The van der Waals surface area contributed by atoms with E-state index in [0.29, 0.717) is 22.6 Å². The standard InChI is InChI=1S/C20H20ClN3O3/c1-12-4-6-15(7-5-12)20-24-23-18(27-20)10-22-17(25)11-26-16-8-13(2)19(21)14(3)9-16/h4-9H,10-11H2,1-3H3,(H,22,25). The lowest BCUT2D eigenvalue weighted by molar-refractivity contribution is -0.123. The maximum absolute atomic E-state index is 12.0. The predicted octanol–water partition coefficient (Wildman–Crippen LogP) is 4.01. The van der Waals surface area contributed by atoms with Gasteiger partial charge in [-0.05, 0) is 56.2 Å². The Morgan fingerprint density at radius 1 is 1.11 bits per heavy atom. The van der Waals surface area contributed by atoms with Gasteiger partial charge in [0.1, 0.15) is 5.75 Å². The highest BCUT2D eigenvalue weighted by Crippen LogP contribution is 2.25. The third-order valence-corrected chi connectivity index (χ3v) is 4.58. The van der Waals surface area contributed by atoms with Crippen LogP contribution in [0.1, 0.15) is 22.6 Å². The van der Waals surface area contributed by atoms with Gasteiger partial charge in [0.2, 0.25) is 11.8 Å². The zero-order valence-electron chi connectivity index (χ0n) is 15.4. The number of carbonyl (C=O) groups excluding carboxylic acids is 1. The summed E-state index contributed by atoms with van der Waals surface area (Å²) in [6, 6.07) is 11.4. The van der Waals surface area contributed by atoms with Crippen LogP contribution >= 0.6 is 11.6 Å². The molecule has 1 aromatic heterocycles. The molecule has 0 unspecified atom stereocenters. The highest BCUT2D eigenvalue weighted by molar-refractivity contribution is 6.32. The molecule has 140 valence electrons. The fourth-order valence-corrected chi connectivity index (χ4v) is 2.61. The van der Waals surface area contributed by atoms with Crippen molar-refractivity contribution in [3.63, 3.8) is 0 Å². The molecule has 6 nitrogen and oxygen atoms in total. The van der Waals surface area contributed by atoms with Gasteiger partial charge in [0.05, 0.1) is 6.54 Å². The van der Waals surface area contributed by atoms with Crippen LogP contribution in [0.4, 0.5) is 0 Å². The third-order valence-electron chi connectivity index (χ3n) is 3.98. The van der Waals surface area contributed by atoms with E-state index < -0.39 is 0 Å². The molecule has 0 aliphatic heterocycles. The lowest BCUT2D eigenvalue weighted by atomic mass is 10.1. The molecule has 1 heterocycles. The summed E-state index contributed by atoms with van der Waals surface area (Å²) in [6.45, 7) is 5.82. The lowest BCUT2D eigenvalue weighted by Gasteiger charge is -2.09. The molecule has 0 fully saturated rings. The van der Waals surface area contributed by atoms with E-state index in [4.69, 9.17) is 20.8 Å². The minimum Gasteiger partial charge on any atom is -0.484 e. The molecular formula is C20H20ClN3O3. The second-order valence-electron chi connectivity index (χ2n) is 6.30. The molecule has 1 amide bonds. The van der Waals surface area contributed by atoms with Crippen LogP contribution in [0.3, 0.4) is 0 Å². The number of hydrogen-bond donors (Lipinski definition) is 1. The highest BCUT2D eigenvalue weighted by Gasteiger charge is 2.11. The maximum atomic E-state index is 12.0. The molecule has 2 aromatic carbocycles. The van der Waals surface area contributed by atoms with Gasteiger partial charge in [-0.25, -0.2) is 0 Å². The normalized spacial score (nSPS) is 10.7. The summed E-state index contributed by atoms with van der Waals surface area (Å²) in [4.78, 5) is 12.0. The third kappa shape index (κ3) is 4.86. The van der Waals surface area contributed by atoms with Crippen molar-refractivity contribution in [2.75, 3.05) is 6.61 Å². The fourth-order valence-electron chi connectivity index (χ4n) is 2.50. The summed E-state index contributed by atoms with van der Waals surface area (Å²) in [5.41, 5.74) is 3.79. The Balaban J connectivity index is 1.52. The molecule has 0 atom stereocenters. The molecule has 0 spiro atoms. The lowest BCUT2D eigenvalue weighted by Crippen LogP contribution is -2.28. The quantitative estimate of drug-likeness (QED) is 0.693. The SMILES string of the molecule is Cc1ccc(-c2nnc(CNC(=O)COc3cc(C)c(Cl)c(C)c3)o2)cc1. The molecule has 7 heteroatoms. The Hall–Kier alpha value is -2.86. The predicted molar refractivity (Wildman–Crippen MR) is 103 cm³/mol. The van der Waals surface area contributed by atoms with Crippen molar-refractivity contribution in [2.24, 2.45) is 0 Å². The van der Waals surface area contributed by atoms with E-state index in [1.54, 1.807) is 12.1 Å². The van der Waals surface area contributed by atoms with Crippen molar-refractivity contribution in [3.05, 3.63) is 64.0 Å². The molecule has 3 aromatic rings. The van der Waals surface area contributed by atoms with Gasteiger partial charge in [0.15, 0.2) is 6.61 Å². The highest BCUT2D eigenvalue weighted by atomic mass is 35.5. The van der Waals surface area contributed by atoms with Gasteiger partial charge in [-0.2, -0.15) is 0 Å². The Kier molecular flexibility index (Phi) is 5.76. The van der Waals surface area contributed by atoms with E-state index in [1.165, 1.54) is 0 Å². The topological polar surface area (TPSA) is 77.2 Å². The fraction of sp³-hybridized carbons (Fsp3) is 0.250. The number of amides is 1. The van der Waals surface area contributed by atoms with Crippen molar-refractivity contribution >= 4 is 17.5 Å². The number of rotatable bonds is 6. The van der Waals surface area contributed by atoms with E-state index in [1.807, 2.05) is 45.0 Å². The molecule has 0 aliphatic rings. The van der Waals surface area contributed by atoms with Gasteiger partial charge in [0, 0.05) is 10.6 Å². The first-order chi connectivity index (χ1) is 12.9. The van der Waals surface area contributed by atoms with Crippen LogP contribution in [0.2, 0.25) is 5.02 Å². The first-order valence-corrected chi connectivity index (χ1v) is 8.86. The van der Waals surface area contributed by atoms with Crippen LogP contribution in [0, 0.1) is 20.8 Å². The second-order valence-corrected chi connectivity index (χ2v) is 6.68. The maximum Gasteiger partial charge on any atom is 0.258 e. The summed E-state index contributed by atoms with van der Waals surface area (Å²) >= 11 is 6.13. The molecule has 0 saturated carbocycles. The Morgan fingerprint density at radius 3 is 2.44 bits per heavy atom. The molecule has 0 saturated heterocycles. The minimum absolute atomic E-state index is 0.112. The monoisotopic (exact) mass is 385 g/mol. The number of nitrogens with one attached hydrogen (secondary N) is 1. The van der Waals surface area contributed by atoms with E-state index in [-0.39, 0.29) is 19.1 Å². The van der Waals surface area contributed by atoms with Crippen LogP contribution in [0.25, 0.3) is 11.5 Å². The van der Waals surface area contributed by atoms with Crippen LogP contribution in [-0.2, 0) is 11.3 Å². The smallest absolute Gasteiger partial charge is 0.258 e. The van der Waals surface area contributed by atoms with E-state index in [0.717, 1.165) is 22.3 Å². The number of benzene rings is 2. The number of aromatic nitrogens is 2. The first-order valence-electron chi connectivity index (χ1n) is 8.48. The number of hydrogen-bond acceptors (Lipinski definition) is 5. The van der Waals surface area contributed by atoms with Crippen LogP contribution < -0.4 is 10.1 Å². The number of nitrogens with zero attached hydrogens (tertiary/aromatic N) is 2. The Morgan fingerprint density at radius 2 is 1.78 bits per heavy atom. The molecular weight excluding hydrogens is 366 g/mol. The van der Waals surface area contributed by atoms with Gasteiger partial charge in [0.25, 0.3) is 5.91 Å². The number of ether oxygens (including phenoxy) is 1. The van der Waals surface area contributed by atoms with Gasteiger partial charge in [-0.15, -0.1) is 10.2 Å². The molecule has 0 radical (unpaired) electrons. The number of aryl methyl sites for hydroxylation is 3. The number of carbonyl (C=O) groups is 1. The van der Waals surface area contributed by atoms with Gasteiger partial charge >= 0.3 is 0 Å². The van der Waals surface area contributed by atoms with Crippen LogP contribution in [0.15, 0.2) is 40.8 Å². The Bertz CT molecular complexity index is 928. The molecule has 27 heavy (non-hydrogen) atoms. The van der Waals surface area contributed by atoms with Crippen LogP contribution in [-0.4, -0.2) is 22.7 Å². The van der Waals surface area contributed by atoms with Crippen molar-refractivity contribution in [1.82, 2.24) is 15.5 Å². The van der Waals surface area contributed by atoms with Crippen molar-refractivity contribution < 1.29 is 13.9 Å². The average Bonchev–Trinajstić information content (AvgIpc) is 3.12. The molecule has 0 aliphatic carbocycles. The largest absolute Gasteiger partial charge is 0.484 e. The first kappa shape index (κ1) is 18.9. The van der Waals surface area contributed by atoms with Crippen molar-refractivity contribution in [2.45, 2.75) is 27.3 Å². The molecule has 3 rings (SSSR count). The van der Waals surface area contributed by atoms with Gasteiger partial charge < -0.3 is 14.5 Å². The van der Waals surface area contributed by atoms with Gasteiger partial charge in [-0.1, -0.05) is 29.3 Å². The summed E-state index contributed by atoms with van der Waals surface area (Å²) < 4.78 is 11.1. The Labute approximate surface area is 162 Å². The van der Waals surface area contributed by atoms with E-state index >= 15 is 0 Å². The summed E-state index contributed by atoms with van der Waals surface area (Å²) in [6.07, 6.45) is 0. The van der Waals surface area contributed by atoms with Crippen molar-refractivity contribution in [1.29, 1.82) is 0 Å². The minimum atomic E-state index is -0.282. The summed E-state index contributed by atoms with van der Waals surface area (Å²) in [7, 11) is 0. The zero-order valence-corrected chi connectivity index (χ0v) is 16.1. The van der Waals surface area contributed by atoms with Crippen LogP contribution in [0.5, 0.6) is 5.75 Å². The molecule has 1 N–H and O–H groups in total. The second kappa shape index (κ2) is 8.22. The van der Waals surface area contributed by atoms with Gasteiger partial charge in [-0.3, -0.25) is 4.79 Å². The van der Waals surface area contributed by atoms with E-state index in [9.17, 15) is 4.79 Å². The molecule has 0 bridgehead atoms. The zero-order chi connectivity index (χ0) is 19.4. The van der Waals surface area contributed by atoms with E-state index in [2.05, 4.69) is 15.5 Å². The average molecular weight is 386 g/mol. The summed E-state index contributed by atoms with van der Waals surface area (Å²) in [5.74, 6) is 1.07. The van der Waals surface area contributed by atoms with Crippen molar-refractivity contribution in [3.8, 4) is 17.2 Å². The summed E-state index contributed by atoms with van der Waals surface area (Å²) in [5, 5.41) is 11.4. The number of halogens is 1.